The molecule has 9 heteroatoms. The van der Waals surface area contributed by atoms with Gasteiger partial charge >= 0.3 is 6.03 Å². The Morgan fingerprint density at radius 1 is 1.30 bits per heavy atom. The number of nitrogens with zero attached hydrogens (tertiary/aromatic N) is 3. The second kappa shape index (κ2) is 9.73. The first-order valence-corrected chi connectivity index (χ1v) is 11.8. The van der Waals surface area contributed by atoms with Gasteiger partial charge in [0.05, 0.1) is 30.0 Å². The Kier molecular flexibility index (Phi) is 6.95. The lowest BCUT2D eigenvalue weighted by Gasteiger charge is -2.31. The summed E-state index contributed by atoms with van der Waals surface area (Å²) in [6, 6.07) is 6.20. The molecular formula is C24H31ClN4O4. The van der Waals surface area contributed by atoms with Crippen LogP contribution in [0.1, 0.15) is 38.3 Å². The van der Waals surface area contributed by atoms with Crippen LogP contribution in [0.3, 0.4) is 0 Å². The number of halogens is 1. The van der Waals surface area contributed by atoms with E-state index in [1.807, 2.05) is 11.0 Å². The summed E-state index contributed by atoms with van der Waals surface area (Å²) in [4.78, 5) is 44.1. The fraction of sp³-hybridized carbons (Fsp3) is 0.542. The lowest BCUT2D eigenvalue weighted by molar-refractivity contribution is -0.139. The maximum atomic E-state index is 13.5. The van der Waals surface area contributed by atoms with Crippen molar-refractivity contribution in [2.24, 2.45) is 5.92 Å². The van der Waals surface area contributed by atoms with Crippen LogP contribution in [-0.4, -0.2) is 78.5 Å². The van der Waals surface area contributed by atoms with E-state index in [2.05, 4.69) is 19.2 Å². The zero-order valence-electron chi connectivity index (χ0n) is 19.3. The van der Waals surface area contributed by atoms with E-state index in [-0.39, 0.29) is 37.0 Å². The van der Waals surface area contributed by atoms with Crippen LogP contribution in [0.4, 0.5) is 4.79 Å². The first-order chi connectivity index (χ1) is 15.8. The molecule has 0 spiro atoms. The third kappa shape index (κ3) is 4.87. The molecule has 0 bridgehead atoms. The number of ether oxygens (including phenoxy) is 1. The van der Waals surface area contributed by atoms with Crippen LogP contribution >= 0.6 is 11.6 Å². The van der Waals surface area contributed by atoms with Crippen LogP contribution in [0.25, 0.3) is 0 Å². The number of urea groups is 1. The number of carbonyl (C=O) groups excluding carboxylic acids is 3. The summed E-state index contributed by atoms with van der Waals surface area (Å²) in [5.74, 6) is -0.0612. The molecule has 4 rings (SSSR count). The third-order valence-electron chi connectivity index (χ3n) is 6.36. The van der Waals surface area contributed by atoms with E-state index in [0.29, 0.717) is 40.9 Å². The Balaban J connectivity index is 1.54. The van der Waals surface area contributed by atoms with E-state index in [1.165, 1.54) is 9.80 Å². The summed E-state index contributed by atoms with van der Waals surface area (Å²) in [7, 11) is 1.63. The van der Waals surface area contributed by atoms with Crippen molar-refractivity contribution in [1.29, 1.82) is 0 Å². The molecule has 1 fully saturated rings. The van der Waals surface area contributed by atoms with Gasteiger partial charge < -0.3 is 19.9 Å². The fourth-order valence-corrected chi connectivity index (χ4v) is 4.95. The largest absolute Gasteiger partial charge is 0.376 e. The molecular weight excluding hydrogens is 444 g/mol. The predicted octanol–water partition coefficient (Wildman–Crippen LogP) is 2.80. The van der Waals surface area contributed by atoms with Crippen molar-refractivity contribution in [3.63, 3.8) is 0 Å². The van der Waals surface area contributed by atoms with E-state index < -0.39 is 6.04 Å². The summed E-state index contributed by atoms with van der Waals surface area (Å²) in [6.45, 7) is 6.18. The molecule has 3 aliphatic rings. The SMILES string of the molecule is CC(C)CN(C[C@H]1CCCO1)C(=O)CN1CC2=C(C1=O)[C@@H](c1ccccc1Cl)NC(=O)N2C. The quantitative estimate of drug-likeness (QED) is 0.658. The van der Waals surface area contributed by atoms with E-state index in [0.717, 1.165) is 19.4 Å². The number of benzene rings is 1. The lowest BCUT2D eigenvalue weighted by Crippen LogP contribution is -2.46. The zero-order chi connectivity index (χ0) is 23.7. The van der Waals surface area contributed by atoms with E-state index in [9.17, 15) is 14.4 Å². The molecule has 2 atom stereocenters. The third-order valence-corrected chi connectivity index (χ3v) is 6.71. The first kappa shape index (κ1) is 23.6. The average Bonchev–Trinajstić information content (AvgIpc) is 3.39. The second-order valence-corrected chi connectivity index (χ2v) is 9.72. The van der Waals surface area contributed by atoms with Crippen molar-refractivity contribution in [3.8, 4) is 0 Å². The number of nitrogens with one attached hydrogen (secondary N) is 1. The van der Waals surface area contributed by atoms with Crippen LogP contribution in [-0.2, 0) is 14.3 Å². The summed E-state index contributed by atoms with van der Waals surface area (Å²) < 4.78 is 5.74. The van der Waals surface area contributed by atoms with Gasteiger partial charge in [-0.2, -0.15) is 0 Å². The van der Waals surface area contributed by atoms with E-state index in [4.69, 9.17) is 16.3 Å². The van der Waals surface area contributed by atoms with Crippen LogP contribution in [0.2, 0.25) is 5.02 Å². The number of hydrogen-bond donors (Lipinski definition) is 1. The Bertz CT molecular complexity index is 973. The van der Waals surface area contributed by atoms with Gasteiger partial charge in [-0.15, -0.1) is 0 Å². The molecule has 3 heterocycles. The van der Waals surface area contributed by atoms with Gasteiger partial charge in [-0.3, -0.25) is 14.5 Å². The minimum Gasteiger partial charge on any atom is -0.376 e. The highest BCUT2D eigenvalue weighted by Gasteiger charge is 2.44. The number of amides is 4. The highest BCUT2D eigenvalue weighted by molar-refractivity contribution is 6.31. The van der Waals surface area contributed by atoms with Crippen molar-refractivity contribution in [2.45, 2.75) is 38.8 Å². The topological polar surface area (TPSA) is 82.2 Å². The van der Waals surface area contributed by atoms with E-state index >= 15 is 0 Å². The second-order valence-electron chi connectivity index (χ2n) is 9.31. The summed E-state index contributed by atoms with van der Waals surface area (Å²) in [6.07, 6.45) is 2.00. The highest BCUT2D eigenvalue weighted by Crippen LogP contribution is 2.37. The summed E-state index contributed by atoms with van der Waals surface area (Å²) in [5, 5.41) is 3.35. The lowest BCUT2D eigenvalue weighted by atomic mass is 9.96. The number of rotatable bonds is 7. The molecule has 0 saturated carbocycles. The van der Waals surface area contributed by atoms with Gasteiger partial charge in [-0.1, -0.05) is 43.6 Å². The molecule has 1 N–H and O–H groups in total. The van der Waals surface area contributed by atoms with Crippen LogP contribution in [0.15, 0.2) is 35.5 Å². The molecule has 0 aromatic heterocycles. The van der Waals surface area contributed by atoms with Gasteiger partial charge in [0.25, 0.3) is 5.91 Å². The normalized spacial score (nSPS) is 22.8. The number of likely N-dealkylation sites (N-methyl/N-ethyl adjacent to an activating group) is 1. The molecule has 33 heavy (non-hydrogen) atoms. The minimum absolute atomic E-state index is 0.0391. The molecule has 1 aromatic carbocycles. The molecule has 178 valence electrons. The van der Waals surface area contributed by atoms with Gasteiger partial charge in [-0.25, -0.2) is 4.79 Å². The molecule has 1 aromatic rings. The van der Waals surface area contributed by atoms with Crippen molar-refractivity contribution in [1.82, 2.24) is 20.0 Å². The van der Waals surface area contributed by atoms with Crippen molar-refractivity contribution in [2.75, 3.05) is 39.8 Å². The van der Waals surface area contributed by atoms with Gasteiger partial charge in [0.1, 0.15) is 6.54 Å². The molecule has 4 amide bonds. The predicted molar refractivity (Wildman–Crippen MR) is 124 cm³/mol. The van der Waals surface area contributed by atoms with Gasteiger partial charge in [-0.05, 0) is 30.4 Å². The van der Waals surface area contributed by atoms with Crippen molar-refractivity contribution < 1.29 is 19.1 Å². The minimum atomic E-state index is -0.649. The van der Waals surface area contributed by atoms with Gasteiger partial charge in [0.15, 0.2) is 0 Å². The molecule has 1 saturated heterocycles. The molecule has 8 nitrogen and oxygen atoms in total. The Morgan fingerprint density at radius 2 is 2.06 bits per heavy atom. The summed E-state index contributed by atoms with van der Waals surface area (Å²) >= 11 is 6.39. The summed E-state index contributed by atoms with van der Waals surface area (Å²) in [5.41, 5.74) is 1.73. The number of carbonyl (C=O) groups is 3. The Morgan fingerprint density at radius 3 is 2.73 bits per heavy atom. The standard InChI is InChI=1S/C24H31ClN4O4/c1-15(2)11-28(12-16-7-6-10-33-16)20(30)14-29-13-19-21(23(29)31)22(26-24(32)27(19)3)17-8-4-5-9-18(17)25/h4-5,8-9,15-16,22H,6-7,10-14H2,1-3H3,(H,26,32)/t16-,22-/m1/s1. The van der Waals surface area contributed by atoms with E-state index in [1.54, 1.807) is 25.2 Å². The molecule has 0 unspecified atom stereocenters. The maximum Gasteiger partial charge on any atom is 0.322 e. The number of hydrogen-bond acceptors (Lipinski definition) is 4. The Labute approximate surface area is 199 Å². The van der Waals surface area contributed by atoms with Gasteiger partial charge in [0, 0.05) is 31.8 Å². The maximum absolute atomic E-state index is 13.5. The smallest absolute Gasteiger partial charge is 0.322 e. The zero-order valence-corrected chi connectivity index (χ0v) is 20.1. The molecule has 0 aliphatic carbocycles. The Hall–Kier alpha value is -2.58. The monoisotopic (exact) mass is 474 g/mol. The highest BCUT2D eigenvalue weighted by atomic mass is 35.5. The van der Waals surface area contributed by atoms with Crippen molar-refractivity contribution in [3.05, 3.63) is 46.1 Å². The average molecular weight is 475 g/mol. The van der Waals surface area contributed by atoms with Crippen LogP contribution < -0.4 is 5.32 Å². The fourth-order valence-electron chi connectivity index (χ4n) is 4.71. The van der Waals surface area contributed by atoms with Crippen LogP contribution in [0, 0.1) is 5.92 Å². The van der Waals surface area contributed by atoms with Gasteiger partial charge in [0.2, 0.25) is 5.91 Å². The molecule has 3 aliphatic heterocycles. The van der Waals surface area contributed by atoms with Crippen LogP contribution in [0.5, 0.6) is 0 Å². The first-order valence-electron chi connectivity index (χ1n) is 11.5. The molecule has 0 radical (unpaired) electrons. The van der Waals surface area contributed by atoms with Crippen molar-refractivity contribution >= 4 is 29.4 Å².